The van der Waals surface area contributed by atoms with Gasteiger partial charge in [-0.1, -0.05) is 41.5 Å². The number of hydrogen-bond acceptors (Lipinski definition) is 4. The summed E-state index contributed by atoms with van der Waals surface area (Å²) in [5, 5.41) is 21.9. The van der Waals surface area contributed by atoms with Gasteiger partial charge in [-0.25, -0.2) is 5.43 Å². The fourth-order valence-electron chi connectivity index (χ4n) is 3.15. The maximum atomic E-state index is 12.3. The van der Waals surface area contributed by atoms with E-state index in [0.29, 0.717) is 17.4 Å². The number of benzene rings is 1. The first kappa shape index (κ1) is 20.1. The minimum absolute atomic E-state index is 0.217. The number of hydrazone groups is 1. The average molecular weight is 383 g/mol. The third-order valence-corrected chi connectivity index (χ3v) is 4.98. The molecule has 1 saturated carbocycles. The minimum atomic E-state index is -0.342. The van der Waals surface area contributed by atoms with Crippen LogP contribution in [0.25, 0.3) is 0 Å². The van der Waals surface area contributed by atoms with Crippen LogP contribution >= 0.6 is 0 Å². The van der Waals surface area contributed by atoms with Crippen molar-refractivity contribution >= 4 is 12.1 Å². The summed E-state index contributed by atoms with van der Waals surface area (Å²) in [4.78, 5) is 12.3. The van der Waals surface area contributed by atoms with Crippen molar-refractivity contribution in [2.75, 3.05) is 0 Å². The molecule has 1 aromatic heterocycles. The number of aromatic amines is 1. The number of phenols is 1. The molecular weight excluding hydrogens is 352 g/mol. The standard InChI is InChI=1S/C22H30N4O2/c1-21(2,3)15-9-13(10-16(19(15)27)22(4,5)6)12-23-26-20(28)18-11-17(24-25-18)14-7-8-14/h9-12,14,27H,7-8H2,1-6H3,(H,24,25)(H,26,28)/b23-12+. The highest BCUT2D eigenvalue weighted by Gasteiger charge is 2.27. The third-order valence-electron chi connectivity index (χ3n) is 4.98. The van der Waals surface area contributed by atoms with Crippen molar-refractivity contribution < 1.29 is 9.90 Å². The summed E-state index contributed by atoms with van der Waals surface area (Å²) < 4.78 is 0. The second kappa shape index (κ2) is 7.08. The van der Waals surface area contributed by atoms with E-state index in [4.69, 9.17) is 0 Å². The van der Waals surface area contributed by atoms with Crippen LogP contribution in [-0.4, -0.2) is 27.4 Å². The van der Waals surface area contributed by atoms with E-state index >= 15 is 0 Å². The highest BCUT2D eigenvalue weighted by molar-refractivity contribution is 5.93. The normalized spacial score (nSPS) is 15.2. The van der Waals surface area contributed by atoms with Crippen LogP contribution in [0.1, 0.15) is 93.2 Å². The summed E-state index contributed by atoms with van der Waals surface area (Å²) in [6.45, 7) is 12.4. The lowest BCUT2D eigenvalue weighted by atomic mass is 9.78. The molecule has 3 N–H and O–H groups in total. The number of aromatic hydroxyl groups is 1. The van der Waals surface area contributed by atoms with E-state index in [0.717, 1.165) is 35.2 Å². The number of phenolic OH excluding ortho intramolecular Hbond substituents is 1. The zero-order valence-electron chi connectivity index (χ0n) is 17.6. The number of carbonyl (C=O) groups is 1. The zero-order valence-corrected chi connectivity index (χ0v) is 17.6. The summed E-state index contributed by atoms with van der Waals surface area (Å²) in [6.07, 6.45) is 3.90. The monoisotopic (exact) mass is 382 g/mol. The molecule has 2 aromatic rings. The second-order valence-corrected chi connectivity index (χ2v) is 9.65. The third kappa shape index (κ3) is 4.43. The van der Waals surface area contributed by atoms with Crippen molar-refractivity contribution in [3.8, 4) is 5.75 Å². The molecule has 1 aliphatic rings. The number of rotatable bonds is 4. The van der Waals surface area contributed by atoms with Gasteiger partial charge < -0.3 is 5.11 Å². The number of carbonyl (C=O) groups excluding carboxylic acids is 1. The Morgan fingerprint density at radius 2 is 1.71 bits per heavy atom. The van der Waals surface area contributed by atoms with E-state index in [1.165, 1.54) is 0 Å². The van der Waals surface area contributed by atoms with Crippen molar-refractivity contribution in [3.63, 3.8) is 0 Å². The summed E-state index contributed by atoms with van der Waals surface area (Å²) >= 11 is 0. The quantitative estimate of drug-likeness (QED) is 0.542. The Labute approximate surface area is 166 Å². The molecule has 1 amide bonds. The zero-order chi connectivity index (χ0) is 20.7. The summed E-state index contributed by atoms with van der Waals surface area (Å²) in [6, 6.07) is 5.62. The molecule has 3 rings (SSSR count). The summed E-state index contributed by atoms with van der Waals surface area (Å²) in [7, 11) is 0. The van der Waals surface area contributed by atoms with Crippen LogP contribution in [0, 0.1) is 0 Å². The summed E-state index contributed by atoms with van der Waals surface area (Å²) in [5.41, 5.74) is 6.00. The van der Waals surface area contributed by atoms with E-state index in [2.05, 4.69) is 62.3 Å². The Morgan fingerprint density at radius 1 is 1.14 bits per heavy atom. The Balaban J connectivity index is 1.81. The Morgan fingerprint density at radius 3 is 2.21 bits per heavy atom. The number of nitrogens with one attached hydrogen (secondary N) is 2. The fourth-order valence-corrected chi connectivity index (χ4v) is 3.15. The van der Waals surface area contributed by atoms with E-state index < -0.39 is 0 Å². The van der Waals surface area contributed by atoms with E-state index in [-0.39, 0.29) is 16.7 Å². The van der Waals surface area contributed by atoms with Crippen molar-refractivity contribution in [2.24, 2.45) is 5.10 Å². The van der Waals surface area contributed by atoms with Gasteiger partial charge in [0.2, 0.25) is 0 Å². The Kier molecular flexibility index (Phi) is 5.08. The molecule has 1 aliphatic carbocycles. The highest BCUT2D eigenvalue weighted by atomic mass is 16.3. The van der Waals surface area contributed by atoms with Crippen molar-refractivity contribution in [3.05, 3.63) is 46.3 Å². The first-order valence-electron chi connectivity index (χ1n) is 9.73. The van der Waals surface area contributed by atoms with Gasteiger partial charge >= 0.3 is 0 Å². The molecule has 0 saturated heterocycles. The van der Waals surface area contributed by atoms with Gasteiger partial charge in [0.05, 0.1) is 6.21 Å². The second-order valence-electron chi connectivity index (χ2n) is 9.65. The molecule has 1 fully saturated rings. The van der Waals surface area contributed by atoms with Gasteiger partial charge in [0.15, 0.2) is 5.69 Å². The van der Waals surface area contributed by atoms with Crippen molar-refractivity contribution in [1.29, 1.82) is 0 Å². The lowest BCUT2D eigenvalue weighted by molar-refractivity contribution is 0.0950. The highest BCUT2D eigenvalue weighted by Crippen LogP contribution is 2.40. The van der Waals surface area contributed by atoms with Gasteiger partial charge in [-0.15, -0.1) is 0 Å². The van der Waals surface area contributed by atoms with Crippen LogP contribution in [0.5, 0.6) is 5.75 Å². The number of aromatic nitrogens is 2. The number of hydrogen-bond donors (Lipinski definition) is 3. The molecule has 0 atom stereocenters. The molecule has 0 unspecified atom stereocenters. The van der Waals surface area contributed by atoms with Gasteiger partial charge in [-0.2, -0.15) is 10.2 Å². The predicted octanol–water partition coefficient (Wildman–Crippen LogP) is 4.35. The molecule has 150 valence electrons. The average Bonchev–Trinajstić information content (AvgIpc) is 3.30. The largest absolute Gasteiger partial charge is 0.507 e. The van der Waals surface area contributed by atoms with Crippen molar-refractivity contribution in [2.45, 2.75) is 71.1 Å². The van der Waals surface area contributed by atoms with Gasteiger partial charge in [0, 0.05) is 22.7 Å². The van der Waals surface area contributed by atoms with Gasteiger partial charge in [0.25, 0.3) is 5.91 Å². The van der Waals surface area contributed by atoms with Crippen LogP contribution in [0.4, 0.5) is 0 Å². The maximum Gasteiger partial charge on any atom is 0.291 e. The van der Waals surface area contributed by atoms with Crippen molar-refractivity contribution in [1.82, 2.24) is 15.6 Å². The molecule has 0 aliphatic heterocycles. The van der Waals surface area contributed by atoms with Crippen LogP contribution in [0.15, 0.2) is 23.3 Å². The van der Waals surface area contributed by atoms with Crippen LogP contribution in [0.3, 0.4) is 0 Å². The first-order chi connectivity index (χ1) is 13.0. The predicted molar refractivity (Wildman–Crippen MR) is 111 cm³/mol. The van der Waals surface area contributed by atoms with E-state index in [1.54, 1.807) is 12.3 Å². The molecule has 1 aromatic carbocycles. The fraction of sp³-hybridized carbons (Fsp3) is 0.500. The van der Waals surface area contributed by atoms with Crippen LogP contribution in [-0.2, 0) is 10.8 Å². The lowest BCUT2D eigenvalue weighted by Crippen LogP contribution is -2.19. The smallest absolute Gasteiger partial charge is 0.291 e. The first-order valence-corrected chi connectivity index (χ1v) is 9.73. The molecule has 28 heavy (non-hydrogen) atoms. The minimum Gasteiger partial charge on any atom is -0.507 e. The van der Waals surface area contributed by atoms with Gasteiger partial charge in [-0.3, -0.25) is 9.89 Å². The topological polar surface area (TPSA) is 90.4 Å². The maximum absolute atomic E-state index is 12.3. The number of amides is 1. The number of H-pyrrole nitrogens is 1. The van der Waals surface area contributed by atoms with Gasteiger partial charge in [-0.05, 0) is 47.4 Å². The molecule has 1 heterocycles. The molecule has 0 spiro atoms. The Hall–Kier alpha value is -2.63. The molecule has 6 heteroatoms. The van der Waals surface area contributed by atoms with Crippen LogP contribution in [0.2, 0.25) is 0 Å². The Bertz CT molecular complexity index is 874. The van der Waals surface area contributed by atoms with Crippen LogP contribution < -0.4 is 5.43 Å². The molecule has 0 bridgehead atoms. The number of nitrogens with zero attached hydrogens (tertiary/aromatic N) is 2. The van der Waals surface area contributed by atoms with E-state index in [1.807, 2.05) is 12.1 Å². The molecular formula is C22H30N4O2. The SMILES string of the molecule is CC(C)(C)c1cc(/C=N/NC(=O)c2cc(C3CC3)[nH]n2)cc(C(C)(C)C)c1O. The molecule has 0 radical (unpaired) electrons. The summed E-state index contributed by atoms with van der Waals surface area (Å²) in [5.74, 6) is 0.497. The van der Waals surface area contributed by atoms with E-state index in [9.17, 15) is 9.90 Å². The lowest BCUT2D eigenvalue weighted by Gasteiger charge is -2.27. The van der Waals surface area contributed by atoms with Gasteiger partial charge in [0.1, 0.15) is 5.75 Å². The molecule has 6 nitrogen and oxygen atoms in total.